The molecule has 2 aromatic heterocycles. The Balaban J connectivity index is 1.42. The first-order valence-electron chi connectivity index (χ1n) is 8.18. The summed E-state index contributed by atoms with van der Waals surface area (Å²) in [6.45, 7) is -0.156. The molecule has 27 heavy (non-hydrogen) atoms. The second-order valence-corrected chi connectivity index (χ2v) is 6.62. The van der Waals surface area contributed by atoms with E-state index in [-0.39, 0.29) is 12.5 Å². The average molecular weight is 374 g/mol. The third-order valence-electron chi connectivity index (χ3n) is 3.95. The first-order chi connectivity index (χ1) is 13.2. The van der Waals surface area contributed by atoms with E-state index in [9.17, 15) is 4.79 Å². The molecule has 0 saturated heterocycles. The van der Waals surface area contributed by atoms with Crippen molar-refractivity contribution < 1.29 is 9.53 Å². The van der Waals surface area contributed by atoms with Gasteiger partial charge in [-0.15, -0.1) is 11.3 Å². The van der Waals surface area contributed by atoms with E-state index in [2.05, 4.69) is 15.3 Å². The molecular weight excluding hydrogens is 360 g/mol. The third-order valence-corrected chi connectivity index (χ3v) is 4.71. The lowest BCUT2D eigenvalue weighted by molar-refractivity contribution is -0.118. The second-order valence-electron chi connectivity index (χ2n) is 5.76. The highest BCUT2D eigenvalue weighted by Gasteiger charge is 2.12. The largest absolute Gasteiger partial charge is 0.484 e. The molecule has 4 rings (SSSR count). The fourth-order valence-electron chi connectivity index (χ4n) is 2.70. The number of anilines is 1. The van der Waals surface area contributed by atoms with Crippen LogP contribution in [-0.2, 0) is 4.79 Å². The molecule has 6 nitrogen and oxygen atoms in total. The number of aromatic nitrogens is 2. The fraction of sp³-hybridized carbons (Fsp3) is 0.0500. The van der Waals surface area contributed by atoms with Crippen LogP contribution < -0.4 is 10.1 Å². The number of nitriles is 1. The normalized spacial score (nSPS) is 10.5. The molecule has 4 aromatic rings. The van der Waals surface area contributed by atoms with Crippen molar-refractivity contribution >= 4 is 33.3 Å². The molecule has 0 unspecified atom stereocenters. The number of rotatable bonds is 5. The van der Waals surface area contributed by atoms with Crippen LogP contribution in [0.3, 0.4) is 0 Å². The zero-order chi connectivity index (χ0) is 18.6. The van der Waals surface area contributed by atoms with Gasteiger partial charge in [0.05, 0.1) is 17.3 Å². The standard InChI is InChI=1S/C20H14N4O2S/c21-9-13-4-3-5-14(8-13)26-11-19(25)24-20-23-18(12-27-20)16-10-22-17-7-2-1-6-15(16)17/h1-8,10,12,22H,11H2,(H,23,24,25). The molecule has 0 atom stereocenters. The molecule has 7 heteroatoms. The van der Waals surface area contributed by atoms with Crippen LogP contribution >= 0.6 is 11.3 Å². The van der Waals surface area contributed by atoms with Gasteiger partial charge >= 0.3 is 0 Å². The van der Waals surface area contributed by atoms with E-state index in [1.165, 1.54) is 11.3 Å². The molecule has 0 spiro atoms. The van der Waals surface area contributed by atoms with Crippen LogP contribution in [0.2, 0.25) is 0 Å². The van der Waals surface area contributed by atoms with Gasteiger partial charge in [-0.3, -0.25) is 10.1 Å². The Morgan fingerprint density at radius 1 is 1.26 bits per heavy atom. The second kappa shape index (κ2) is 7.32. The lowest BCUT2D eigenvalue weighted by Gasteiger charge is -2.05. The summed E-state index contributed by atoms with van der Waals surface area (Å²) in [7, 11) is 0. The first kappa shape index (κ1) is 16.8. The summed E-state index contributed by atoms with van der Waals surface area (Å²) in [6, 6.07) is 16.7. The van der Waals surface area contributed by atoms with Crippen LogP contribution in [0.5, 0.6) is 5.75 Å². The molecule has 0 aliphatic carbocycles. The van der Waals surface area contributed by atoms with Gasteiger partial charge in [0.25, 0.3) is 5.91 Å². The Labute approximate surface area is 159 Å². The van der Waals surface area contributed by atoms with Crippen molar-refractivity contribution in [2.45, 2.75) is 0 Å². The number of benzene rings is 2. The maximum Gasteiger partial charge on any atom is 0.264 e. The Hall–Kier alpha value is -3.63. The number of hydrogen-bond acceptors (Lipinski definition) is 5. The Bertz CT molecular complexity index is 1160. The number of thiazole rings is 1. The lowest BCUT2D eigenvalue weighted by Crippen LogP contribution is -2.20. The van der Waals surface area contributed by atoms with E-state index in [0.717, 1.165) is 22.2 Å². The molecule has 132 valence electrons. The average Bonchev–Trinajstić information content (AvgIpc) is 3.33. The minimum atomic E-state index is -0.308. The van der Waals surface area contributed by atoms with Crippen molar-refractivity contribution in [3.05, 3.63) is 65.7 Å². The van der Waals surface area contributed by atoms with Crippen LogP contribution in [0.4, 0.5) is 5.13 Å². The van der Waals surface area contributed by atoms with Gasteiger partial charge < -0.3 is 9.72 Å². The van der Waals surface area contributed by atoms with Gasteiger partial charge in [0.2, 0.25) is 0 Å². The number of amides is 1. The number of ether oxygens (including phenoxy) is 1. The summed E-state index contributed by atoms with van der Waals surface area (Å²) in [6.07, 6.45) is 1.91. The molecule has 0 aliphatic rings. The topological polar surface area (TPSA) is 90.8 Å². The van der Waals surface area contributed by atoms with Gasteiger partial charge in [0.1, 0.15) is 5.75 Å². The van der Waals surface area contributed by atoms with Crippen molar-refractivity contribution in [1.29, 1.82) is 5.26 Å². The summed E-state index contributed by atoms with van der Waals surface area (Å²) < 4.78 is 5.43. The molecule has 0 fully saturated rings. The number of fused-ring (bicyclic) bond motifs is 1. The monoisotopic (exact) mass is 374 g/mol. The first-order valence-corrected chi connectivity index (χ1v) is 9.06. The number of nitrogens with zero attached hydrogens (tertiary/aromatic N) is 2. The molecule has 0 bridgehead atoms. The Morgan fingerprint density at radius 3 is 3.04 bits per heavy atom. The van der Waals surface area contributed by atoms with Gasteiger partial charge in [0, 0.05) is 28.0 Å². The summed E-state index contributed by atoms with van der Waals surface area (Å²) in [5.74, 6) is 0.167. The number of nitrogens with one attached hydrogen (secondary N) is 2. The van der Waals surface area contributed by atoms with Gasteiger partial charge in [0.15, 0.2) is 11.7 Å². The van der Waals surface area contributed by atoms with Crippen LogP contribution in [0, 0.1) is 11.3 Å². The van der Waals surface area contributed by atoms with Crippen LogP contribution in [-0.4, -0.2) is 22.5 Å². The van der Waals surface area contributed by atoms with E-state index in [1.54, 1.807) is 24.3 Å². The van der Waals surface area contributed by atoms with Gasteiger partial charge in [-0.05, 0) is 24.3 Å². The molecule has 0 saturated carbocycles. The smallest absolute Gasteiger partial charge is 0.264 e. The zero-order valence-electron chi connectivity index (χ0n) is 14.1. The molecule has 2 heterocycles. The lowest BCUT2D eigenvalue weighted by atomic mass is 10.1. The quantitative estimate of drug-likeness (QED) is 0.548. The minimum Gasteiger partial charge on any atom is -0.484 e. The number of carbonyl (C=O) groups excluding carboxylic acids is 1. The number of para-hydroxylation sites is 1. The summed E-state index contributed by atoms with van der Waals surface area (Å²) in [5.41, 5.74) is 3.32. The van der Waals surface area contributed by atoms with Crippen LogP contribution in [0.1, 0.15) is 5.56 Å². The zero-order valence-corrected chi connectivity index (χ0v) is 14.9. The fourth-order valence-corrected chi connectivity index (χ4v) is 3.42. The molecule has 2 aromatic carbocycles. The van der Waals surface area contributed by atoms with Crippen molar-refractivity contribution in [2.24, 2.45) is 0 Å². The summed E-state index contributed by atoms with van der Waals surface area (Å²) >= 11 is 1.36. The van der Waals surface area contributed by atoms with E-state index in [1.807, 2.05) is 41.9 Å². The molecular formula is C20H14N4O2S. The molecule has 1 amide bonds. The molecule has 2 N–H and O–H groups in total. The minimum absolute atomic E-state index is 0.156. The van der Waals surface area contributed by atoms with Gasteiger partial charge in [-0.1, -0.05) is 24.3 Å². The van der Waals surface area contributed by atoms with Crippen molar-refractivity contribution in [3.8, 4) is 23.1 Å². The SMILES string of the molecule is N#Cc1cccc(OCC(=O)Nc2nc(-c3c[nH]c4ccccc34)cs2)c1. The van der Waals surface area contributed by atoms with E-state index in [0.29, 0.717) is 16.4 Å². The van der Waals surface area contributed by atoms with Crippen LogP contribution in [0.15, 0.2) is 60.1 Å². The van der Waals surface area contributed by atoms with Crippen molar-refractivity contribution in [1.82, 2.24) is 9.97 Å². The van der Waals surface area contributed by atoms with E-state index >= 15 is 0 Å². The number of hydrogen-bond donors (Lipinski definition) is 2. The summed E-state index contributed by atoms with van der Waals surface area (Å²) in [5, 5.41) is 15.1. The van der Waals surface area contributed by atoms with Gasteiger partial charge in [-0.2, -0.15) is 5.26 Å². The maximum atomic E-state index is 12.1. The number of carbonyl (C=O) groups is 1. The third kappa shape index (κ3) is 3.66. The Kier molecular flexibility index (Phi) is 4.56. The maximum absolute atomic E-state index is 12.1. The predicted molar refractivity (Wildman–Crippen MR) is 105 cm³/mol. The highest BCUT2D eigenvalue weighted by molar-refractivity contribution is 7.14. The van der Waals surface area contributed by atoms with Crippen molar-refractivity contribution in [3.63, 3.8) is 0 Å². The highest BCUT2D eigenvalue weighted by atomic mass is 32.1. The number of aromatic amines is 1. The summed E-state index contributed by atoms with van der Waals surface area (Å²) in [4.78, 5) is 19.8. The van der Waals surface area contributed by atoms with Gasteiger partial charge in [-0.25, -0.2) is 4.98 Å². The van der Waals surface area contributed by atoms with E-state index < -0.39 is 0 Å². The van der Waals surface area contributed by atoms with Crippen molar-refractivity contribution in [2.75, 3.05) is 11.9 Å². The Morgan fingerprint density at radius 2 is 2.15 bits per heavy atom. The molecule has 0 radical (unpaired) electrons. The van der Waals surface area contributed by atoms with Crippen LogP contribution in [0.25, 0.3) is 22.2 Å². The highest BCUT2D eigenvalue weighted by Crippen LogP contribution is 2.30. The van der Waals surface area contributed by atoms with E-state index in [4.69, 9.17) is 10.00 Å². The number of H-pyrrole nitrogens is 1. The molecule has 0 aliphatic heterocycles. The predicted octanol–water partition coefficient (Wildman–Crippen LogP) is 4.18.